The average molecular weight is 329 g/mol. The first-order valence-electron chi connectivity index (χ1n) is 8.25. The summed E-state index contributed by atoms with van der Waals surface area (Å²) in [6, 6.07) is 8.37. The van der Waals surface area contributed by atoms with E-state index in [1.54, 1.807) is 11.8 Å². The standard InChI is InChI=1S/C17H23N5S/c1-4-21(5-2)11-12-22-14-10-8-7-9-13(14)15-16(22)18-17(20-19-15)23-6-3/h7-10H,4-6,11-12H2,1-3H3. The highest BCUT2D eigenvalue weighted by atomic mass is 32.2. The van der Waals surface area contributed by atoms with Gasteiger partial charge in [-0.1, -0.05) is 50.7 Å². The molecule has 0 saturated heterocycles. The number of aromatic nitrogens is 4. The average Bonchev–Trinajstić information content (AvgIpc) is 2.90. The molecular weight excluding hydrogens is 306 g/mol. The molecule has 0 aliphatic carbocycles. The Bertz CT molecular complexity index is 794. The summed E-state index contributed by atoms with van der Waals surface area (Å²) in [4.78, 5) is 7.19. The van der Waals surface area contributed by atoms with Gasteiger partial charge in [0.25, 0.3) is 0 Å². The molecule has 0 fully saturated rings. The van der Waals surface area contributed by atoms with Crippen LogP contribution < -0.4 is 0 Å². The number of hydrogen-bond donors (Lipinski definition) is 0. The molecule has 0 unspecified atom stereocenters. The van der Waals surface area contributed by atoms with Gasteiger partial charge < -0.3 is 9.47 Å². The number of hydrogen-bond acceptors (Lipinski definition) is 5. The first-order valence-corrected chi connectivity index (χ1v) is 9.23. The van der Waals surface area contributed by atoms with E-state index in [4.69, 9.17) is 4.98 Å². The van der Waals surface area contributed by atoms with E-state index < -0.39 is 0 Å². The van der Waals surface area contributed by atoms with E-state index in [2.05, 4.69) is 58.6 Å². The Labute approximate surface area is 141 Å². The Kier molecular flexibility index (Phi) is 5.13. The monoisotopic (exact) mass is 329 g/mol. The minimum atomic E-state index is 0.756. The lowest BCUT2D eigenvalue weighted by Crippen LogP contribution is -2.27. The lowest BCUT2D eigenvalue weighted by molar-refractivity contribution is 0.293. The van der Waals surface area contributed by atoms with Crippen molar-refractivity contribution in [1.29, 1.82) is 0 Å². The lowest BCUT2D eigenvalue weighted by Gasteiger charge is -2.18. The van der Waals surface area contributed by atoms with Gasteiger partial charge in [0.2, 0.25) is 5.16 Å². The molecule has 0 spiro atoms. The van der Waals surface area contributed by atoms with E-state index in [-0.39, 0.29) is 0 Å². The lowest BCUT2D eigenvalue weighted by atomic mass is 10.2. The van der Waals surface area contributed by atoms with Crippen molar-refractivity contribution < 1.29 is 0 Å². The molecule has 2 heterocycles. The molecule has 0 aliphatic heterocycles. The van der Waals surface area contributed by atoms with E-state index in [1.807, 2.05) is 6.07 Å². The van der Waals surface area contributed by atoms with Gasteiger partial charge in [0.05, 0.1) is 5.52 Å². The maximum Gasteiger partial charge on any atom is 0.211 e. The second-order valence-electron chi connectivity index (χ2n) is 5.40. The molecule has 0 bridgehead atoms. The first kappa shape index (κ1) is 16.2. The summed E-state index contributed by atoms with van der Waals surface area (Å²) in [5.74, 6) is 0.951. The van der Waals surface area contributed by atoms with Crippen LogP contribution in [0.5, 0.6) is 0 Å². The Balaban J connectivity index is 2.09. The Hall–Kier alpha value is -1.66. The number of para-hydroxylation sites is 1. The maximum absolute atomic E-state index is 4.77. The number of fused-ring (bicyclic) bond motifs is 3. The minimum absolute atomic E-state index is 0.756. The highest BCUT2D eigenvalue weighted by molar-refractivity contribution is 7.99. The van der Waals surface area contributed by atoms with Crippen LogP contribution in [0.2, 0.25) is 0 Å². The summed E-state index contributed by atoms with van der Waals surface area (Å²) in [5.41, 5.74) is 3.04. The zero-order valence-corrected chi connectivity index (χ0v) is 14.8. The molecule has 3 rings (SSSR count). The van der Waals surface area contributed by atoms with Crippen LogP contribution in [0.4, 0.5) is 0 Å². The van der Waals surface area contributed by atoms with Crippen molar-refractivity contribution in [1.82, 2.24) is 24.6 Å². The van der Waals surface area contributed by atoms with Gasteiger partial charge in [-0.25, -0.2) is 4.98 Å². The summed E-state index contributed by atoms with van der Waals surface area (Å²) in [5, 5.41) is 10.6. The molecule has 2 aromatic heterocycles. The van der Waals surface area contributed by atoms with Gasteiger partial charge in [0.1, 0.15) is 5.52 Å². The molecule has 5 nitrogen and oxygen atoms in total. The molecule has 0 radical (unpaired) electrons. The largest absolute Gasteiger partial charge is 0.322 e. The zero-order valence-electron chi connectivity index (χ0n) is 14.0. The van der Waals surface area contributed by atoms with Crippen LogP contribution in [0.1, 0.15) is 20.8 Å². The predicted octanol–water partition coefficient (Wildman–Crippen LogP) is 3.43. The third-order valence-corrected chi connectivity index (χ3v) is 4.88. The molecule has 0 atom stereocenters. The van der Waals surface area contributed by atoms with E-state index >= 15 is 0 Å². The summed E-state index contributed by atoms with van der Waals surface area (Å²) in [7, 11) is 0. The number of benzene rings is 1. The molecule has 6 heteroatoms. The van der Waals surface area contributed by atoms with Gasteiger partial charge in [-0.2, -0.15) is 0 Å². The quantitative estimate of drug-likeness (QED) is 0.622. The Morgan fingerprint density at radius 2 is 1.87 bits per heavy atom. The SMILES string of the molecule is CCSc1nnc2c3ccccc3n(CCN(CC)CC)c2n1. The van der Waals surface area contributed by atoms with Crippen LogP contribution in [0.25, 0.3) is 22.1 Å². The van der Waals surface area contributed by atoms with Crippen molar-refractivity contribution in [2.24, 2.45) is 0 Å². The van der Waals surface area contributed by atoms with E-state index in [0.717, 1.165) is 53.6 Å². The molecule has 122 valence electrons. The smallest absolute Gasteiger partial charge is 0.211 e. The number of nitrogens with zero attached hydrogens (tertiary/aromatic N) is 5. The summed E-state index contributed by atoms with van der Waals surface area (Å²) in [6.45, 7) is 10.6. The van der Waals surface area contributed by atoms with E-state index in [1.165, 1.54) is 5.52 Å². The van der Waals surface area contributed by atoms with Crippen molar-refractivity contribution in [2.75, 3.05) is 25.4 Å². The van der Waals surface area contributed by atoms with Crippen molar-refractivity contribution in [3.63, 3.8) is 0 Å². The maximum atomic E-state index is 4.77. The van der Waals surface area contributed by atoms with Crippen LogP contribution in [0, 0.1) is 0 Å². The van der Waals surface area contributed by atoms with Crippen LogP contribution in [-0.2, 0) is 6.54 Å². The Morgan fingerprint density at radius 1 is 1.09 bits per heavy atom. The van der Waals surface area contributed by atoms with Crippen LogP contribution >= 0.6 is 11.8 Å². The second-order valence-corrected chi connectivity index (χ2v) is 6.63. The van der Waals surface area contributed by atoms with Crippen LogP contribution in [0.3, 0.4) is 0 Å². The van der Waals surface area contributed by atoms with Crippen molar-refractivity contribution in [3.8, 4) is 0 Å². The highest BCUT2D eigenvalue weighted by Crippen LogP contribution is 2.27. The molecular formula is C17H23N5S. The van der Waals surface area contributed by atoms with Crippen molar-refractivity contribution in [2.45, 2.75) is 32.5 Å². The topological polar surface area (TPSA) is 46.8 Å². The van der Waals surface area contributed by atoms with E-state index in [0.29, 0.717) is 0 Å². The van der Waals surface area contributed by atoms with Gasteiger partial charge in [0.15, 0.2) is 5.65 Å². The minimum Gasteiger partial charge on any atom is -0.322 e. The van der Waals surface area contributed by atoms with Gasteiger partial charge in [-0.3, -0.25) is 0 Å². The van der Waals surface area contributed by atoms with Gasteiger partial charge in [-0.05, 0) is 24.9 Å². The molecule has 0 N–H and O–H groups in total. The number of likely N-dealkylation sites (N-methyl/N-ethyl adjacent to an activating group) is 1. The predicted molar refractivity (Wildman–Crippen MR) is 97.0 cm³/mol. The third-order valence-electron chi connectivity index (χ3n) is 4.16. The zero-order chi connectivity index (χ0) is 16.2. The summed E-state index contributed by atoms with van der Waals surface area (Å²) in [6.07, 6.45) is 0. The summed E-state index contributed by atoms with van der Waals surface area (Å²) >= 11 is 1.63. The second kappa shape index (κ2) is 7.27. The fourth-order valence-corrected chi connectivity index (χ4v) is 3.39. The number of thioether (sulfide) groups is 1. The molecule has 0 aliphatic rings. The van der Waals surface area contributed by atoms with Crippen molar-refractivity contribution in [3.05, 3.63) is 24.3 Å². The first-order chi connectivity index (χ1) is 11.3. The highest BCUT2D eigenvalue weighted by Gasteiger charge is 2.15. The van der Waals surface area contributed by atoms with Crippen molar-refractivity contribution >= 4 is 33.8 Å². The number of rotatable bonds is 7. The molecule has 3 aromatic rings. The fourth-order valence-electron chi connectivity index (χ4n) is 2.89. The van der Waals surface area contributed by atoms with E-state index in [9.17, 15) is 0 Å². The van der Waals surface area contributed by atoms with Crippen LogP contribution in [0.15, 0.2) is 29.4 Å². The fraction of sp³-hybridized carbons (Fsp3) is 0.471. The third kappa shape index (κ3) is 3.19. The molecule has 0 saturated carbocycles. The Morgan fingerprint density at radius 3 is 2.61 bits per heavy atom. The van der Waals surface area contributed by atoms with Gasteiger partial charge in [0, 0.05) is 18.5 Å². The molecule has 0 amide bonds. The molecule has 1 aromatic carbocycles. The molecule has 23 heavy (non-hydrogen) atoms. The van der Waals surface area contributed by atoms with Crippen LogP contribution in [-0.4, -0.2) is 50.0 Å². The normalized spacial score (nSPS) is 11.8. The van der Waals surface area contributed by atoms with Gasteiger partial charge in [-0.15, -0.1) is 10.2 Å². The van der Waals surface area contributed by atoms with Gasteiger partial charge >= 0.3 is 0 Å². The summed E-state index contributed by atoms with van der Waals surface area (Å²) < 4.78 is 2.29.